The highest BCUT2D eigenvalue weighted by Crippen LogP contribution is 2.41. The van der Waals surface area contributed by atoms with E-state index in [0.29, 0.717) is 11.5 Å². The van der Waals surface area contributed by atoms with E-state index in [1.807, 2.05) is 31.2 Å². The van der Waals surface area contributed by atoms with Gasteiger partial charge in [-0.15, -0.1) is 0 Å². The van der Waals surface area contributed by atoms with Crippen LogP contribution in [0.15, 0.2) is 36.4 Å². The first-order valence-electron chi connectivity index (χ1n) is 6.47. The van der Waals surface area contributed by atoms with Gasteiger partial charge in [0.15, 0.2) is 0 Å². The van der Waals surface area contributed by atoms with Gasteiger partial charge in [0, 0.05) is 11.5 Å². The third kappa shape index (κ3) is 2.24. The van der Waals surface area contributed by atoms with Crippen molar-refractivity contribution in [2.45, 2.75) is 25.7 Å². The van der Waals surface area contributed by atoms with Gasteiger partial charge in [0.1, 0.15) is 0 Å². The summed E-state index contributed by atoms with van der Waals surface area (Å²) in [6.45, 7) is 2.04. The Hall–Kier alpha value is -2.16. The van der Waals surface area contributed by atoms with E-state index in [-0.39, 0.29) is 0 Å². The molecule has 1 heterocycles. The molecule has 0 unspecified atom stereocenters. The monoisotopic (exact) mass is 253 g/mol. The fourth-order valence-corrected chi connectivity index (χ4v) is 2.33. The Labute approximate surface area is 111 Å². The second-order valence-corrected chi connectivity index (χ2v) is 5.02. The summed E-state index contributed by atoms with van der Waals surface area (Å²) in [6.07, 6.45) is 2.09. The smallest absolute Gasteiger partial charge is 0.337 e. The maximum absolute atomic E-state index is 11.2. The molecular weight excluding hydrogens is 238 g/mol. The third-order valence-corrected chi connectivity index (χ3v) is 3.54. The topological polar surface area (TPSA) is 50.2 Å². The maximum Gasteiger partial charge on any atom is 0.337 e. The van der Waals surface area contributed by atoms with E-state index in [0.717, 1.165) is 35.4 Å². The highest BCUT2D eigenvalue weighted by molar-refractivity contribution is 5.89. The van der Waals surface area contributed by atoms with Crippen LogP contribution >= 0.6 is 0 Å². The molecule has 19 heavy (non-hydrogen) atoms. The maximum atomic E-state index is 11.2. The van der Waals surface area contributed by atoms with Crippen LogP contribution in [0.1, 0.15) is 40.4 Å². The Morgan fingerprint density at radius 1 is 1.21 bits per heavy atom. The van der Waals surface area contributed by atoms with Crippen molar-refractivity contribution in [3.05, 3.63) is 53.2 Å². The Kier molecular flexibility index (Phi) is 2.82. The molecule has 3 rings (SSSR count). The van der Waals surface area contributed by atoms with Crippen LogP contribution in [0.4, 0.5) is 0 Å². The number of hydrogen-bond donors (Lipinski definition) is 1. The molecule has 1 aromatic heterocycles. The van der Waals surface area contributed by atoms with Gasteiger partial charge < -0.3 is 5.11 Å². The van der Waals surface area contributed by atoms with Crippen LogP contribution in [-0.4, -0.2) is 16.1 Å². The van der Waals surface area contributed by atoms with Crippen molar-refractivity contribution in [2.75, 3.05) is 0 Å². The summed E-state index contributed by atoms with van der Waals surface area (Å²) in [4.78, 5) is 15.8. The average Bonchev–Trinajstić information content (AvgIpc) is 3.23. The van der Waals surface area contributed by atoms with E-state index in [2.05, 4.69) is 4.98 Å². The lowest BCUT2D eigenvalue weighted by atomic mass is 10.0. The largest absolute Gasteiger partial charge is 0.478 e. The van der Waals surface area contributed by atoms with Crippen LogP contribution in [0.2, 0.25) is 0 Å². The van der Waals surface area contributed by atoms with Crippen LogP contribution in [0.25, 0.3) is 11.3 Å². The van der Waals surface area contributed by atoms with E-state index in [1.54, 1.807) is 12.1 Å². The van der Waals surface area contributed by atoms with Gasteiger partial charge >= 0.3 is 5.97 Å². The Bertz CT molecular complexity index is 645. The number of carbonyl (C=O) groups is 1. The molecule has 0 radical (unpaired) electrons. The summed E-state index contributed by atoms with van der Waals surface area (Å²) in [5.74, 6) is -0.555. The minimum absolute atomic E-state index is 0.329. The summed E-state index contributed by atoms with van der Waals surface area (Å²) in [6, 6.07) is 11.5. The van der Waals surface area contributed by atoms with Gasteiger partial charge in [0.2, 0.25) is 0 Å². The molecule has 96 valence electrons. The van der Waals surface area contributed by atoms with E-state index >= 15 is 0 Å². The van der Waals surface area contributed by atoms with Crippen molar-refractivity contribution in [3.63, 3.8) is 0 Å². The van der Waals surface area contributed by atoms with Crippen LogP contribution in [0.3, 0.4) is 0 Å². The number of carboxylic acid groups (broad SMARTS) is 1. The molecule has 3 nitrogen and oxygen atoms in total. The first kappa shape index (κ1) is 11.9. The van der Waals surface area contributed by atoms with Gasteiger partial charge in [0.05, 0.1) is 17.0 Å². The second kappa shape index (κ2) is 4.50. The van der Waals surface area contributed by atoms with Crippen molar-refractivity contribution in [2.24, 2.45) is 0 Å². The third-order valence-electron chi connectivity index (χ3n) is 3.54. The average molecular weight is 253 g/mol. The van der Waals surface area contributed by atoms with Gasteiger partial charge in [-0.25, -0.2) is 4.79 Å². The zero-order valence-corrected chi connectivity index (χ0v) is 10.8. The first-order valence-corrected chi connectivity index (χ1v) is 6.47. The summed E-state index contributed by atoms with van der Waals surface area (Å²) in [7, 11) is 0. The molecule has 3 heteroatoms. The standard InChI is InChI=1S/C16H15NO2/c1-10-4-2-3-5-12(10)14-9-8-13(16(18)19)15(17-14)11-6-7-11/h2-5,8-9,11H,6-7H2,1H3,(H,18,19). The number of nitrogens with zero attached hydrogens (tertiary/aromatic N) is 1. The number of rotatable bonds is 3. The van der Waals surface area contributed by atoms with Crippen LogP contribution in [0.5, 0.6) is 0 Å². The zero-order chi connectivity index (χ0) is 13.4. The van der Waals surface area contributed by atoms with E-state index < -0.39 is 5.97 Å². The second-order valence-electron chi connectivity index (χ2n) is 5.02. The van der Waals surface area contributed by atoms with Crippen molar-refractivity contribution in [3.8, 4) is 11.3 Å². The van der Waals surface area contributed by atoms with E-state index in [9.17, 15) is 9.90 Å². The SMILES string of the molecule is Cc1ccccc1-c1ccc(C(=O)O)c(C2CC2)n1. The number of pyridine rings is 1. The molecule has 1 N–H and O–H groups in total. The molecule has 0 amide bonds. The van der Waals surface area contributed by atoms with Crippen molar-refractivity contribution < 1.29 is 9.90 Å². The number of aromatic carboxylic acids is 1. The van der Waals surface area contributed by atoms with Crippen molar-refractivity contribution in [1.29, 1.82) is 0 Å². The lowest BCUT2D eigenvalue weighted by Crippen LogP contribution is -2.05. The Morgan fingerprint density at radius 2 is 1.95 bits per heavy atom. The molecule has 0 spiro atoms. The van der Waals surface area contributed by atoms with Crippen molar-refractivity contribution in [1.82, 2.24) is 4.98 Å². The van der Waals surface area contributed by atoms with Gasteiger partial charge in [-0.05, 0) is 37.5 Å². The minimum atomic E-state index is -0.884. The molecule has 2 aromatic rings. The van der Waals surface area contributed by atoms with Crippen molar-refractivity contribution >= 4 is 5.97 Å². The Morgan fingerprint density at radius 3 is 2.58 bits per heavy atom. The lowest BCUT2D eigenvalue weighted by molar-refractivity contribution is 0.0695. The molecule has 0 atom stereocenters. The highest BCUT2D eigenvalue weighted by atomic mass is 16.4. The van der Waals surface area contributed by atoms with Gasteiger partial charge in [-0.2, -0.15) is 0 Å². The van der Waals surface area contributed by atoms with Gasteiger partial charge in [-0.1, -0.05) is 24.3 Å². The predicted octanol–water partition coefficient (Wildman–Crippen LogP) is 3.63. The number of benzene rings is 1. The molecule has 0 bridgehead atoms. The fraction of sp³-hybridized carbons (Fsp3) is 0.250. The number of carboxylic acids is 1. The Balaban J connectivity index is 2.11. The fourth-order valence-electron chi connectivity index (χ4n) is 2.33. The molecule has 1 saturated carbocycles. The number of aryl methyl sites for hydroxylation is 1. The predicted molar refractivity (Wildman–Crippen MR) is 73.3 cm³/mol. The van der Waals surface area contributed by atoms with Crippen LogP contribution < -0.4 is 0 Å². The number of hydrogen-bond acceptors (Lipinski definition) is 2. The molecule has 0 saturated heterocycles. The first-order chi connectivity index (χ1) is 9.16. The van der Waals surface area contributed by atoms with Gasteiger partial charge in [-0.3, -0.25) is 4.98 Å². The van der Waals surface area contributed by atoms with E-state index in [4.69, 9.17) is 0 Å². The normalized spacial score (nSPS) is 14.4. The van der Waals surface area contributed by atoms with E-state index in [1.165, 1.54) is 0 Å². The summed E-state index contributed by atoms with van der Waals surface area (Å²) in [5, 5.41) is 9.22. The van der Waals surface area contributed by atoms with Crippen LogP contribution in [0, 0.1) is 6.92 Å². The summed E-state index contributed by atoms with van der Waals surface area (Å²) < 4.78 is 0. The molecule has 1 fully saturated rings. The zero-order valence-electron chi connectivity index (χ0n) is 10.8. The van der Waals surface area contributed by atoms with Gasteiger partial charge in [0.25, 0.3) is 0 Å². The summed E-state index contributed by atoms with van der Waals surface area (Å²) >= 11 is 0. The quantitative estimate of drug-likeness (QED) is 0.908. The van der Waals surface area contributed by atoms with Crippen LogP contribution in [-0.2, 0) is 0 Å². The highest BCUT2D eigenvalue weighted by Gasteiger charge is 2.30. The number of aromatic nitrogens is 1. The summed E-state index contributed by atoms with van der Waals surface area (Å²) in [5.41, 5.74) is 4.18. The molecule has 0 aliphatic heterocycles. The minimum Gasteiger partial charge on any atom is -0.478 e. The molecular formula is C16H15NO2. The lowest BCUT2D eigenvalue weighted by Gasteiger charge is -2.09. The molecule has 1 aliphatic carbocycles. The molecule has 1 aromatic carbocycles. The molecule has 1 aliphatic rings.